The number of anilines is 1. The summed E-state index contributed by atoms with van der Waals surface area (Å²) in [5.74, 6) is 0.732. The van der Waals surface area contributed by atoms with E-state index in [4.69, 9.17) is 16.3 Å². The molecule has 0 amide bonds. The lowest BCUT2D eigenvalue weighted by Gasteiger charge is -2.24. The molecule has 2 rings (SSSR count). The summed E-state index contributed by atoms with van der Waals surface area (Å²) in [6.45, 7) is 0. The SMILES string of the molecule is COc1ccc(NC2CCCCC2)cc1Cl. The Labute approximate surface area is 102 Å². The van der Waals surface area contributed by atoms with Gasteiger partial charge in [-0.2, -0.15) is 0 Å². The highest BCUT2D eigenvalue weighted by Crippen LogP contribution is 2.29. The van der Waals surface area contributed by atoms with Gasteiger partial charge in [-0.1, -0.05) is 30.9 Å². The third-order valence-corrected chi connectivity index (χ3v) is 3.42. The Morgan fingerprint density at radius 1 is 1.25 bits per heavy atom. The van der Waals surface area contributed by atoms with Crippen molar-refractivity contribution in [2.75, 3.05) is 12.4 Å². The molecule has 2 nitrogen and oxygen atoms in total. The minimum Gasteiger partial charge on any atom is -0.495 e. The van der Waals surface area contributed by atoms with Gasteiger partial charge in [-0.25, -0.2) is 0 Å². The molecule has 1 aromatic carbocycles. The molecule has 0 atom stereocenters. The van der Waals surface area contributed by atoms with E-state index in [2.05, 4.69) is 5.32 Å². The molecule has 1 N–H and O–H groups in total. The number of hydrogen-bond acceptors (Lipinski definition) is 2. The lowest BCUT2D eigenvalue weighted by Crippen LogP contribution is -2.22. The Balaban J connectivity index is 2.01. The van der Waals surface area contributed by atoms with Crippen LogP contribution in [-0.2, 0) is 0 Å². The number of methoxy groups -OCH3 is 1. The van der Waals surface area contributed by atoms with Crippen molar-refractivity contribution >= 4 is 17.3 Å². The molecule has 0 unspecified atom stereocenters. The zero-order chi connectivity index (χ0) is 11.4. The Bertz CT molecular complexity index is 348. The summed E-state index contributed by atoms with van der Waals surface area (Å²) in [7, 11) is 1.63. The average Bonchev–Trinajstić information content (AvgIpc) is 2.31. The first-order valence-corrected chi connectivity index (χ1v) is 6.27. The second kappa shape index (κ2) is 5.44. The van der Waals surface area contributed by atoms with Gasteiger partial charge in [-0.3, -0.25) is 0 Å². The summed E-state index contributed by atoms with van der Waals surface area (Å²) in [5.41, 5.74) is 1.10. The van der Waals surface area contributed by atoms with E-state index in [-0.39, 0.29) is 0 Å². The number of nitrogens with one attached hydrogen (secondary N) is 1. The summed E-state index contributed by atoms with van der Waals surface area (Å²) in [5, 5.41) is 4.20. The molecule has 1 aliphatic carbocycles. The third kappa shape index (κ3) is 2.82. The average molecular weight is 240 g/mol. The first kappa shape index (κ1) is 11.6. The molecular weight excluding hydrogens is 222 g/mol. The normalized spacial score (nSPS) is 17.1. The van der Waals surface area contributed by atoms with E-state index >= 15 is 0 Å². The highest BCUT2D eigenvalue weighted by molar-refractivity contribution is 6.32. The monoisotopic (exact) mass is 239 g/mol. The molecule has 1 saturated carbocycles. The van der Waals surface area contributed by atoms with Gasteiger partial charge in [-0.05, 0) is 31.0 Å². The summed E-state index contributed by atoms with van der Waals surface area (Å²) < 4.78 is 5.13. The molecule has 1 aliphatic rings. The molecule has 3 heteroatoms. The van der Waals surface area contributed by atoms with Crippen LogP contribution in [0.2, 0.25) is 5.02 Å². The van der Waals surface area contributed by atoms with Crippen molar-refractivity contribution in [3.63, 3.8) is 0 Å². The van der Waals surface area contributed by atoms with Gasteiger partial charge in [-0.15, -0.1) is 0 Å². The van der Waals surface area contributed by atoms with Crippen LogP contribution in [0.1, 0.15) is 32.1 Å². The van der Waals surface area contributed by atoms with Gasteiger partial charge in [0.1, 0.15) is 5.75 Å². The van der Waals surface area contributed by atoms with Crippen LogP contribution in [0.5, 0.6) is 5.75 Å². The lowest BCUT2D eigenvalue weighted by atomic mass is 9.95. The van der Waals surface area contributed by atoms with Crippen LogP contribution in [0.3, 0.4) is 0 Å². The Hall–Kier alpha value is -0.890. The van der Waals surface area contributed by atoms with Crippen LogP contribution in [-0.4, -0.2) is 13.2 Å². The smallest absolute Gasteiger partial charge is 0.137 e. The Kier molecular flexibility index (Phi) is 3.94. The molecule has 1 fully saturated rings. The fraction of sp³-hybridized carbons (Fsp3) is 0.538. The molecule has 0 bridgehead atoms. The van der Waals surface area contributed by atoms with E-state index in [0.717, 1.165) is 11.4 Å². The van der Waals surface area contributed by atoms with Crippen molar-refractivity contribution < 1.29 is 4.74 Å². The quantitative estimate of drug-likeness (QED) is 0.858. The molecule has 16 heavy (non-hydrogen) atoms. The van der Waals surface area contributed by atoms with Crippen molar-refractivity contribution in [1.82, 2.24) is 0 Å². The first-order chi connectivity index (χ1) is 7.79. The fourth-order valence-electron chi connectivity index (χ4n) is 2.24. The van der Waals surface area contributed by atoms with E-state index in [0.29, 0.717) is 11.1 Å². The minimum absolute atomic E-state index is 0.609. The van der Waals surface area contributed by atoms with E-state index < -0.39 is 0 Å². The predicted molar refractivity (Wildman–Crippen MR) is 68.5 cm³/mol. The van der Waals surface area contributed by atoms with Gasteiger partial charge in [0.2, 0.25) is 0 Å². The van der Waals surface area contributed by atoms with Gasteiger partial charge in [0.25, 0.3) is 0 Å². The highest BCUT2D eigenvalue weighted by atomic mass is 35.5. The van der Waals surface area contributed by atoms with E-state index in [1.165, 1.54) is 32.1 Å². The van der Waals surface area contributed by atoms with Crippen molar-refractivity contribution in [2.24, 2.45) is 0 Å². The fourth-order valence-corrected chi connectivity index (χ4v) is 2.50. The van der Waals surface area contributed by atoms with Crippen molar-refractivity contribution in [1.29, 1.82) is 0 Å². The minimum atomic E-state index is 0.609. The molecular formula is C13H18ClNO. The Morgan fingerprint density at radius 2 is 2.00 bits per heavy atom. The number of halogens is 1. The number of rotatable bonds is 3. The number of benzene rings is 1. The maximum atomic E-state index is 6.08. The van der Waals surface area contributed by atoms with Gasteiger partial charge >= 0.3 is 0 Å². The van der Waals surface area contributed by atoms with Gasteiger partial charge in [0.05, 0.1) is 12.1 Å². The lowest BCUT2D eigenvalue weighted by molar-refractivity contribution is 0.415. The summed E-state index contributed by atoms with van der Waals surface area (Å²) >= 11 is 6.08. The van der Waals surface area contributed by atoms with Crippen LogP contribution >= 0.6 is 11.6 Å². The number of hydrogen-bond donors (Lipinski definition) is 1. The second-order valence-electron chi connectivity index (χ2n) is 4.33. The van der Waals surface area contributed by atoms with Crippen molar-refractivity contribution in [3.8, 4) is 5.75 Å². The van der Waals surface area contributed by atoms with E-state index in [9.17, 15) is 0 Å². The van der Waals surface area contributed by atoms with Crippen LogP contribution in [0.4, 0.5) is 5.69 Å². The standard InChI is InChI=1S/C13H18ClNO/c1-16-13-8-7-11(9-12(13)14)15-10-5-3-2-4-6-10/h7-10,15H,2-6H2,1H3. The zero-order valence-corrected chi connectivity index (χ0v) is 10.4. The Morgan fingerprint density at radius 3 is 2.62 bits per heavy atom. The molecule has 0 saturated heterocycles. The third-order valence-electron chi connectivity index (χ3n) is 3.13. The topological polar surface area (TPSA) is 21.3 Å². The second-order valence-corrected chi connectivity index (χ2v) is 4.74. The van der Waals surface area contributed by atoms with Crippen molar-refractivity contribution in [2.45, 2.75) is 38.1 Å². The molecule has 0 heterocycles. The maximum absolute atomic E-state index is 6.08. The van der Waals surface area contributed by atoms with E-state index in [1.54, 1.807) is 7.11 Å². The van der Waals surface area contributed by atoms with Gasteiger partial charge < -0.3 is 10.1 Å². The van der Waals surface area contributed by atoms with Gasteiger partial charge in [0, 0.05) is 11.7 Å². The first-order valence-electron chi connectivity index (χ1n) is 5.89. The van der Waals surface area contributed by atoms with E-state index in [1.807, 2.05) is 18.2 Å². The zero-order valence-electron chi connectivity index (χ0n) is 9.63. The van der Waals surface area contributed by atoms with Crippen LogP contribution in [0.25, 0.3) is 0 Å². The molecule has 0 aliphatic heterocycles. The highest BCUT2D eigenvalue weighted by Gasteiger charge is 2.13. The molecule has 0 spiro atoms. The van der Waals surface area contributed by atoms with Gasteiger partial charge in [0.15, 0.2) is 0 Å². The largest absolute Gasteiger partial charge is 0.495 e. The summed E-state index contributed by atoms with van der Waals surface area (Å²) in [4.78, 5) is 0. The summed E-state index contributed by atoms with van der Waals surface area (Å²) in [6, 6.07) is 6.49. The predicted octanol–water partition coefficient (Wildman–Crippen LogP) is 4.09. The van der Waals surface area contributed by atoms with Crippen LogP contribution in [0.15, 0.2) is 18.2 Å². The van der Waals surface area contributed by atoms with Crippen LogP contribution in [0, 0.1) is 0 Å². The molecule has 88 valence electrons. The number of ether oxygens (including phenoxy) is 1. The summed E-state index contributed by atoms with van der Waals surface area (Å²) in [6.07, 6.45) is 6.58. The maximum Gasteiger partial charge on any atom is 0.137 e. The molecule has 0 radical (unpaired) electrons. The van der Waals surface area contributed by atoms with Crippen molar-refractivity contribution in [3.05, 3.63) is 23.2 Å². The molecule has 1 aromatic rings. The van der Waals surface area contributed by atoms with Crippen LogP contribution < -0.4 is 10.1 Å². The molecule has 0 aromatic heterocycles.